The fourth-order valence-electron chi connectivity index (χ4n) is 3.30. The lowest BCUT2D eigenvalue weighted by molar-refractivity contribution is 0.171. The number of benzene rings is 2. The molecule has 0 atom stereocenters. The molecular weight excluding hydrogens is 370 g/mol. The minimum Gasteiger partial charge on any atom is -0.486 e. The van der Waals surface area contributed by atoms with E-state index in [1.807, 2.05) is 18.2 Å². The van der Waals surface area contributed by atoms with Crippen molar-refractivity contribution in [2.75, 3.05) is 18.5 Å². The van der Waals surface area contributed by atoms with Crippen molar-refractivity contribution in [1.82, 2.24) is 14.6 Å². The Bertz CT molecular complexity index is 1210. The molecule has 0 aliphatic carbocycles. The summed E-state index contributed by atoms with van der Waals surface area (Å²) in [5, 5.41) is 7.63. The Balaban J connectivity index is 1.50. The number of hydrogen-bond acceptors (Lipinski definition) is 5. The molecule has 142 valence electrons. The van der Waals surface area contributed by atoms with E-state index in [1.54, 1.807) is 28.8 Å². The highest BCUT2D eigenvalue weighted by atomic mass is 19.1. The Morgan fingerprint density at radius 1 is 1.07 bits per heavy atom. The fourth-order valence-corrected chi connectivity index (χ4v) is 3.30. The number of nitrogens with one attached hydrogen (secondary N) is 1. The number of anilines is 1. The molecule has 29 heavy (non-hydrogen) atoms. The first-order valence-corrected chi connectivity index (χ1v) is 9.20. The molecule has 1 aliphatic heterocycles. The summed E-state index contributed by atoms with van der Waals surface area (Å²) in [6.07, 6.45) is 1.53. The molecule has 2 aromatic heterocycles. The molecule has 2 radical (unpaired) electrons. The zero-order chi connectivity index (χ0) is 19.8. The zero-order valence-electron chi connectivity index (χ0n) is 15.4. The van der Waals surface area contributed by atoms with Crippen LogP contribution < -0.4 is 20.3 Å². The maximum absolute atomic E-state index is 14.3. The maximum Gasteiger partial charge on any atom is 0.161 e. The molecule has 5 rings (SSSR count). The molecule has 3 heterocycles. The summed E-state index contributed by atoms with van der Waals surface area (Å²) in [5.41, 5.74) is 2.78. The molecule has 2 aromatic carbocycles. The van der Waals surface area contributed by atoms with Crippen molar-refractivity contribution in [3.05, 3.63) is 66.1 Å². The van der Waals surface area contributed by atoms with Gasteiger partial charge in [0, 0.05) is 24.4 Å². The second-order valence-corrected chi connectivity index (χ2v) is 6.67. The van der Waals surface area contributed by atoms with Gasteiger partial charge < -0.3 is 14.8 Å². The van der Waals surface area contributed by atoms with Gasteiger partial charge in [-0.15, -0.1) is 0 Å². The lowest BCUT2D eigenvalue weighted by Gasteiger charge is -2.19. The number of hydrogen-bond donors (Lipinski definition) is 1. The summed E-state index contributed by atoms with van der Waals surface area (Å²) >= 11 is 0. The average Bonchev–Trinajstić information content (AvgIpc) is 3.13. The largest absolute Gasteiger partial charge is 0.486 e. The van der Waals surface area contributed by atoms with Gasteiger partial charge in [-0.2, -0.15) is 9.61 Å². The summed E-state index contributed by atoms with van der Waals surface area (Å²) in [4.78, 5) is 4.50. The number of aromatic nitrogens is 3. The summed E-state index contributed by atoms with van der Waals surface area (Å²) in [6.45, 7) is 1.60. The number of halogens is 1. The third-order valence-corrected chi connectivity index (χ3v) is 4.73. The molecule has 0 bridgehead atoms. The molecule has 1 aliphatic rings. The van der Waals surface area contributed by atoms with Gasteiger partial charge in [0.1, 0.15) is 32.7 Å². The van der Waals surface area contributed by atoms with Crippen molar-refractivity contribution in [2.24, 2.45) is 0 Å². The Labute approximate surface area is 167 Å². The first-order chi connectivity index (χ1) is 14.2. The minimum absolute atomic E-state index is 0.347. The minimum atomic E-state index is -0.347. The van der Waals surface area contributed by atoms with Crippen LogP contribution in [0.4, 0.5) is 10.2 Å². The van der Waals surface area contributed by atoms with Gasteiger partial charge in [0.15, 0.2) is 17.1 Å². The maximum atomic E-state index is 14.3. The Morgan fingerprint density at radius 2 is 1.90 bits per heavy atom. The van der Waals surface area contributed by atoms with Crippen molar-refractivity contribution < 1.29 is 13.9 Å². The SMILES string of the molecule is [B]c1cnn2c(NCc3ccc4c(c3)OCCO4)cc(-c3ccccc3F)nc12. The van der Waals surface area contributed by atoms with Crippen LogP contribution in [0.3, 0.4) is 0 Å². The van der Waals surface area contributed by atoms with E-state index in [0.717, 1.165) is 17.1 Å². The predicted octanol–water partition coefficient (Wildman–Crippen LogP) is 2.71. The summed E-state index contributed by atoms with van der Waals surface area (Å²) in [7, 11) is 6.02. The molecule has 1 N–H and O–H groups in total. The van der Waals surface area contributed by atoms with E-state index in [1.165, 1.54) is 12.3 Å². The highest BCUT2D eigenvalue weighted by molar-refractivity contribution is 6.36. The molecule has 0 spiro atoms. The number of nitrogens with zero attached hydrogens (tertiary/aromatic N) is 3. The van der Waals surface area contributed by atoms with E-state index in [2.05, 4.69) is 15.4 Å². The Morgan fingerprint density at radius 3 is 2.76 bits per heavy atom. The van der Waals surface area contributed by atoms with Crippen LogP contribution in [0.5, 0.6) is 11.5 Å². The number of ether oxygens (including phenoxy) is 2. The summed E-state index contributed by atoms with van der Waals surface area (Å²) in [5.74, 6) is 1.78. The fraction of sp³-hybridized carbons (Fsp3) is 0.143. The Hall–Kier alpha value is -3.55. The van der Waals surface area contributed by atoms with Crippen LogP contribution in [0, 0.1) is 5.82 Å². The molecular formula is C21H16BFN4O2. The molecule has 8 heteroatoms. The Kier molecular flexibility index (Phi) is 4.31. The monoisotopic (exact) mass is 386 g/mol. The van der Waals surface area contributed by atoms with E-state index in [-0.39, 0.29) is 5.82 Å². The van der Waals surface area contributed by atoms with Gasteiger partial charge in [-0.3, -0.25) is 0 Å². The quantitative estimate of drug-likeness (QED) is 0.547. The summed E-state index contributed by atoms with van der Waals surface area (Å²) in [6, 6.07) is 14.1. The van der Waals surface area contributed by atoms with E-state index in [4.69, 9.17) is 17.3 Å². The first kappa shape index (κ1) is 17.5. The average molecular weight is 386 g/mol. The van der Waals surface area contributed by atoms with E-state index < -0.39 is 0 Å². The topological polar surface area (TPSA) is 60.7 Å². The first-order valence-electron chi connectivity index (χ1n) is 9.20. The highest BCUT2D eigenvalue weighted by Gasteiger charge is 2.14. The van der Waals surface area contributed by atoms with Gasteiger partial charge in [-0.25, -0.2) is 9.37 Å². The van der Waals surface area contributed by atoms with E-state index >= 15 is 0 Å². The molecule has 6 nitrogen and oxygen atoms in total. The molecule has 0 amide bonds. The van der Waals surface area contributed by atoms with Gasteiger partial charge in [0.2, 0.25) is 0 Å². The van der Waals surface area contributed by atoms with Gasteiger partial charge in [-0.05, 0) is 35.3 Å². The van der Waals surface area contributed by atoms with Crippen LogP contribution in [0.25, 0.3) is 16.9 Å². The van der Waals surface area contributed by atoms with Crippen LogP contribution in [0.1, 0.15) is 5.56 Å². The lowest BCUT2D eigenvalue weighted by atomic mass is 10.0. The standard InChI is InChI=1S/C21H16BFN4O2/c22-15-12-25-27-20(10-17(26-21(15)27)14-3-1-2-4-16(14)23)24-11-13-5-6-18-19(9-13)29-8-7-28-18/h1-6,9-10,12,24H,7-8,11H2. The van der Waals surface area contributed by atoms with Crippen LogP contribution >= 0.6 is 0 Å². The summed E-state index contributed by atoms with van der Waals surface area (Å²) < 4.78 is 27.1. The van der Waals surface area contributed by atoms with Crippen LogP contribution in [-0.2, 0) is 6.54 Å². The van der Waals surface area contributed by atoms with Crippen LogP contribution in [0.2, 0.25) is 0 Å². The van der Waals surface area contributed by atoms with Gasteiger partial charge in [0.05, 0.1) is 5.69 Å². The van der Waals surface area contributed by atoms with E-state index in [9.17, 15) is 4.39 Å². The smallest absolute Gasteiger partial charge is 0.161 e. The van der Waals surface area contributed by atoms with Gasteiger partial charge in [0.25, 0.3) is 0 Å². The molecule has 0 saturated carbocycles. The van der Waals surface area contributed by atoms with Crippen molar-refractivity contribution in [1.29, 1.82) is 0 Å². The van der Waals surface area contributed by atoms with Gasteiger partial charge in [-0.1, -0.05) is 18.2 Å². The zero-order valence-corrected chi connectivity index (χ0v) is 15.4. The molecule has 0 unspecified atom stereocenters. The van der Waals surface area contributed by atoms with E-state index in [0.29, 0.717) is 47.9 Å². The lowest BCUT2D eigenvalue weighted by Crippen LogP contribution is -2.15. The van der Waals surface area contributed by atoms with Crippen molar-refractivity contribution in [2.45, 2.75) is 6.54 Å². The van der Waals surface area contributed by atoms with Crippen LogP contribution in [-0.4, -0.2) is 35.7 Å². The molecule has 4 aromatic rings. The van der Waals surface area contributed by atoms with Gasteiger partial charge >= 0.3 is 0 Å². The number of rotatable bonds is 4. The third kappa shape index (κ3) is 3.26. The second kappa shape index (κ2) is 7.12. The van der Waals surface area contributed by atoms with Crippen LogP contribution in [0.15, 0.2) is 54.7 Å². The van der Waals surface area contributed by atoms with Crippen molar-refractivity contribution in [3.8, 4) is 22.8 Å². The van der Waals surface area contributed by atoms with Crippen molar-refractivity contribution >= 4 is 24.8 Å². The third-order valence-electron chi connectivity index (χ3n) is 4.73. The molecule has 0 saturated heterocycles. The second-order valence-electron chi connectivity index (χ2n) is 6.67. The normalized spacial score (nSPS) is 12.9. The van der Waals surface area contributed by atoms with Crippen molar-refractivity contribution in [3.63, 3.8) is 0 Å². The predicted molar refractivity (Wildman–Crippen MR) is 109 cm³/mol. The number of fused-ring (bicyclic) bond motifs is 2. The molecule has 0 fully saturated rings. The highest BCUT2D eigenvalue weighted by Crippen LogP contribution is 2.31.